The van der Waals surface area contributed by atoms with Gasteiger partial charge in [0, 0.05) is 32.5 Å². The Labute approximate surface area is 140 Å². The standard InChI is InChI=1S/C14H28N4O3.C2H6/c1-3-5-13(20)18-11(14(21)17-10-8-15)6-7-12(19)16-9-4-2;1-2/h11H,3-10,15H2,1-2H3,(H,16,19)(H,17,21)(H,18,20);1-2H3. The van der Waals surface area contributed by atoms with E-state index in [0.717, 1.165) is 6.42 Å². The van der Waals surface area contributed by atoms with Gasteiger partial charge in [0.15, 0.2) is 0 Å². The fraction of sp³-hybridized carbons (Fsp3) is 0.812. The number of carbonyl (C=O) groups is 3. The number of hydrogen-bond donors (Lipinski definition) is 4. The van der Waals surface area contributed by atoms with Gasteiger partial charge in [-0.15, -0.1) is 0 Å². The summed E-state index contributed by atoms with van der Waals surface area (Å²) in [5.41, 5.74) is 5.34. The Hall–Kier alpha value is -1.63. The number of nitrogens with two attached hydrogens (primary N) is 1. The van der Waals surface area contributed by atoms with Gasteiger partial charge in [0.05, 0.1) is 0 Å². The minimum Gasteiger partial charge on any atom is -0.356 e. The molecule has 0 radical (unpaired) electrons. The van der Waals surface area contributed by atoms with E-state index in [1.807, 2.05) is 27.7 Å². The van der Waals surface area contributed by atoms with E-state index in [9.17, 15) is 14.4 Å². The van der Waals surface area contributed by atoms with Crippen molar-refractivity contribution in [3.63, 3.8) is 0 Å². The fourth-order valence-corrected chi connectivity index (χ4v) is 1.71. The van der Waals surface area contributed by atoms with Crippen molar-refractivity contribution in [2.75, 3.05) is 19.6 Å². The maximum atomic E-state index is 12.0. The second kappa shape index (κ2) is 16.7. The summed E-state index contributed by atoms with van der Waals surface area (Å²) >= 11 is 0. The summed E-state index contributed by atoms with van der Waals surface area (Å²) in [5, 5.41) is 8.05. The average Bonchev–Trinajstić information content (AvgIpc) is 2.56. The molecule has 7 nitrogen and oxygen atoms in total. The molecule has 0 heterocycles. The van der Waals surface area contributed by atoms with Crippen molar-refractivity contribution in [1.29, 1.82) is 0 Å². The minimum absolute atomic E-state index is 0.113. The highest BCUT2D eigenvalue weighted by atomic mass is 16.2. The molecular weight excluding hydrogens is 296 g/mol. The van der Waals surface area contributed by atoms with Crippen molar-refractivity contribution in [1.82, 2.24) is 16.0 Å². The molecule has 0 aliphatic heterocycles. The number of carbonyl (C=O) groups excluding carboxylic acids is 3. The monoisotopic (exact) mass is 330 g/mol. The summed E-state index contributed by atoms with van der Waals surface area (Å²) in [7, 11) is 0. The molecule has 0 saturated heterocycles. The molecule has 1 unspecified atom stereocenters. The molecular formula is C16H34N4O3. The second-order valence-corrected chi connectivity index (χ2v) is 4.84. The van der Waals surface area contributed by atoms with Gasteiger partial charge in [-0.3, -0.25) is 14.4 Å². The van der Waals surface area contributed by atoms with Gasteiger partial charge in [0.2, 0.25) is 17.7 Å². The van der Waals surface area contributed by atoms with Crippen LogP contribution >= 0.6 is 0 Å². The molecule has 0 rings (SSSR count). The van der Waals surface area contributed by atoms with Crippen LogP contribution in [0, 0.1) is 0 Å². The highest BCUT2D eigenvalue weighted by molar-refractivity contribution is 5.88. The highest BCUT2D eigenvalue weighted by Crippen LogP contribution is 2.00. The molecule has 0 aromatic carbocycles. The van der Waals surface area contributed by atoms with Crippen LogP contribution in [0.25, 0.3) is 0 Å². The highest BCUT2D eigenvalue weighted by Gasteiger charge is 2.20. The van der Waals surface area contributed by atoms with Gasteiger partial charge in [-0.2, -0.15) is 0 Å². The molecule has 0 aromatic rings. The van der Waals surface area contributed by atoms with Gasteiger partial charge in [0.1, 0.15) is 6.04 Å². The summed E-state index contributed by atoms with van der Waals surface area (Å²) < 4.78 is 0. The summed E-state index contributed by atoms with van der Waals surface area (Å²) in [6.45, 7) is 9.15. The molecule has 0 aliphatic carbocycles. The van der Waals surface area contributed by atoms with Crippen LogP contribution in [0.15, 0.2) is 0 Å². The van der Waals surface area contributed by atoms with Gasteiger partial charge < -0.3 is 21.7 Å². The van der Waals surface area contributed by atoms with Crippen molar-refractivity contribution in [3.05, 3.63) is 0 Å². The van der Waals surface area contributed by atoms with Crippen LogP contribution in [0.3, 0.4) is 0 Å². The van der Waals surface area contributed by atoms with Gasteiger partial charge in [-0.1, -0.05) is 27.7 Å². The SMILES string of the molecule is CC.CCCNC(=O)CCC(NC(=O)CCC)C(=O)NCCN. The van der Waals surface area contributed by atoms with Crippen molar-refractivity contribution in [2.45, 2.75) is 65.8 Å². The topological polar surface area (TPSA) is 113 Å². The van der Waals surface area contributed by atoms with E-state index in [4.69, 9.17) is 5.73 Å². The van der Waals surface area contributed by atoms with Crippen LogP contribution < -0.4 is 21.7 Å². The predicted octanol–water partition coefficient (Wildman–Crippen LogP) is 0.679. The molecule has 0 fully saturated rings. The van der Waals surface area contributed by atoms with Crippen molar-refractivity contribution >= 4 is 17.7 Å². The van der Waals surface area contributed by atoms with E-state index >= 15 is 0 Å². The lowest BCUT2D eigenvalue weighted by Gasteiger charge is -2.18. The zero-order chi connectivity index (χ0) is 18.1. The summed E-state index contributed by atoms with van der Waals surface area (Å²) in [5.74, 6) is -0.592. The Bertz CT molecular complexity index is 335. The number of nitrogens with one attached hydrogen (secondary N) is 3. The van der Waals surface area contributed by atoms with E-state index in [-0.39, 0.29) is 30.6 Å². The first kappa shape index (κ1) is 23.6. The average molecular weight is 330 g/mol. The maximum Gasteiger partial charge on any atom is 0.242 e. The van der Waals surface area contributed by atoms with Crippen LogP contribution in [-0.4, -0.2) is 43.4 Å². The zero-order valence-corrected chi connectivity index (χ0v) is 15.0. The van der Waals surface area contributed by atoms with Crippen molar-refractivity contribution in [2.24, 2.45) is 5.73 Å². The third-order valence-corrected chi connectivity index (χ3v) is 2.80. The number of hydrogen-bond acceptors (Lipinski definition) is 4. The molecule has 0 bridgehead atoms. The van der Waals surface area contributed by atoms with Gasteiger partial charge >= 0.3 is 0 Å². The largest absolute Gasteiger partial charge is 0.356 e. The molecule has 0 aliphatic rings. The molecule has 5 N–H and O–H groups in total. The van der Waals surface area contributed by atoms with Crippen LogP contribution in [-0.2, 0) is 14.4 Å². The van der Waals surface area contributed by atoms with Crippen molar-refractivity contribution < 1.29 is 14.4 Å². The Morgan fingerprint density at radius 1 is 0.913 bits per heavy atom. The van der Waals surface area contributed by atoms with Crippen molar-refractivity contribution in [3.8, 4) is 0 Å². The van der Waals surface area contributed by atoms with E-state index in [1.165, 1.54) is 0 Å². The third-order valence-electron chi connectivity index (χ3n) is 2.80. The lowest BCUT2D eigenvalue weighted by molar-refractivity contribution is -0.129. The summed E-state index contributed by atoms with van der Waals surface area (Å²) in [6.07, 6.45) is 2.41. The van der Waals surface area contributed by atoms with Crippen LogP contribution in [0.5, 0.6) is 0 Å². The Morgan fingerprint density at radius 2 is 1.57 bits per heavy atom. The molecule has 7 heteroatoms. The summed E-state index contributed by atoms with van der Waals surface area (Å²) in [4.78, 5) is 35.2. The maximum absolute atomic E-state index is 12.0. The Kier molecular flexibility index (Phi) is 17.2. The number of rotatable bonds is 11. The first-order valence-electron chi connectivity index (χ1n) is 8.58. The molecule has 0 aromatic heterocycles. The molecule has 136 valence electrons. The molecule has 3 amide bonds. The lowest BCUT2D eigenvalue weighted by atomic mass is 10.1. The predicted molar refractivity (Wildman–Crippen MR) is 92.8 cm³/mol. The smallest absolute Gasteiger partial charge is 0.242 e. The second-order valence-electron chi connectivity index (χ2n) is 4.84. The zero-order valence-electron chi connectivity index (χ0n) is 15.0. The minimum atomic E-state index is -0.692. The molecule has 0 saturated carbocycles. The lowest BCUT2D eigenvalue weighted by Crippen LogP contribution is -2.48. The van der Waals surface area contributed by atoms with Gasteiger partial charge in [-0.25, -0.2) is 0 Å². The Balaban J connectivity index is 0. The van der Waals surface area contributed by atoms with E-state index in [0.29, 0.717) is 32.5 Å². The van der Waals surface area contributed by atoms with Crippen LogP contribution in [0.4, 0.5) is 0 Å². The van der Waals surface area contributed by atoms with Crippen LogP contribution in [0.1, 0.15) is 59.8 Å². The van der Waals surface area contributed by atoms with E-state index in [1.54, 1.807) is 0 Å². The third kappa shape index (κ3) is 13.7. The number of amides is 3. The first-order chi connectivity index (χ1) is 11.0. The Morgan fingerprint density at radius 3 is 2.09 bits per heavy atom. The van der Waals surface area contributed by atoms with Gasteiger partial charge in [-0.05, 0) is 19.3 Å². The van der Waals surface area contributed by atoms with E-state index < -0.39 is 6.04 Å². The molecule has 1 atom stereocenters. The van der Waals surface area contributed by atoms with Gasteiger partial charge in [0.25, 0.3) is 0 Å². The van der Waals surface area contributed by atoms with Crippen LogP contribution in [0.2, 0.25) is 0 Å². The van der Waals surface area contributed by atoms with E-state index in [2.05, 4.69) is 16.0 Å². The molecule has 0 spiro atoms. The molecule has 23 heavy (non-hydrogen) atoms. The quantitative estimate of drug-likeness (QED) is 0.446. The normalized spacial score (nSPS) is 10.8. The fourth-order valence-electron chi connectivity index (χ4n) is 1.71. The first-order valence-corrected chi connectivity index (χ1v) is 8.58. The summed E-state index contributed by atoms with van der Waals surface area (Å²) in [6, 6.07) is -0.692.